The number of carbonyl (C=O) groups is 1. The molecule has 0 fully saturated rings. The van der Waals surface area contributed by atoms with Crippen LogP contribution < -0.4 is 0 Å². The second-order valence-corrected chi connectivity index (χ2v) is 7.11. The number of benzene rings is 1. The van der Waals surface area contributed by atoms with Gasteiger partial charge in [-0.3, -0.25) is 4.79 Å². The molecule has 0 bridgehead atoms. The van der Waals surface area contributed by atoms with Gasteiger partial charge in [-0.2, -0.15) is 15.4 Å². The van der Waals surface area contributed by atoms with Gasteiger partial charge in [0.1, 0.15) is 11.0 Å². The van der Waals surface area contributed by atoms with Crippen LogP contribution in [0.3, 0.4) is 0 Å². The zero-order chi connectivity index (χ0) is 16.7. The second kappa shape index (κ2) is 5.69. The maximum absolute atomic E-state index is 12.6. The minimum Gasteiger partial charge on any atom is -0.295 e. The average Bonchev–Trinajstić information content (AvgIpc) is 3.18. The first kappa shape index (κ1) is 15.3. The van der Waals surface area contributed by atoms with Crippen molar-refractivity contribution >= 4 is 22.4 Å². The third kappa shape index (κ3) is 2.09. The van der Waals surface area contributed by atoms with Gasteiger partial charge in [0.05, 0.1) is 0 Å². The normalized spacial score (nSPS) is 22.8. The van der Waals surface area contributed by atoms with E-state index in [1.54, 1.807) is 0 Å². The van der Waals surface area contributed by atoms with Crippen LogP contribution in [0.5, 0.6) is 0 Å². The van der Waals surface area contributed by atoms with Crippen molar-refractivity contribution in [3.63, 3.8) is 0 Å². The van der Waals surface area contributed by atoms with Crippen LogP contribution >= 0.6 is 0 Å². The highest BCUT2D eigenvalue weighted by Gasteiger charge is 2.47. The first-order valence-electron chi connectivity index (χ1n) is 8.90. The van der Waals surface area contributed by atoms with Gasteiger partial charge in [0, 0.05) is 17.4 Å². The first-order valence-corrected chi connectivity index (χ1v) is 8.90. The molecular weight excluding hydrogens is 298 g/mol. The molecule has 2 aliphatic rings. The fourth-order valence-corrected chi connectivity index (χ4v) is 4.65. The molecule has 0 spiro atoms. The maximum Gasteiger partial charge on any atom is 0.159 e. The van der Waals surface area contributed by atoms with Crippen LogP contribution in [0, 0.1) is 5.41 Å². The number of nitrogens with one attached hydrogen (secondary N) is 1. The van der Waals surface area contributed by atoms with E-state index >= 15 is 0 Å². The molecule has 2 aliphatic carbocycles. The zero-order valence-electron chi connectivity index (χ0n) is 14.2. The standard InChI is InChI=1S/C20H23N3O/c1-3-5-10-20-11-9-17(24)14(6-4-2)18(20)13-7-8-16-19(15(13)12-20)22-23-21-16/h4,7-8H,2-3,5-6,9-12H2,1H3,(H,21,22,23). The first-order chi connectivity index (χ1) is 11.7. The van der Waals surface area contributed by atoms with Gasteiger partial charge in [-0.05, 0) is 48.4 Å². The third-order valence-corrected chi connectivity index (χ3v) is 5.73. The van der Waals surface area contributed by atoms with Crippen molar-refractivity contribution in [2.45, 2.75) is 51.9 Å². The summed E-state index contributed by atoms with van der Waals surface area (Å²) in [7, 11) is 0. The number of ketones is 1. The van der Waals surface area contributed by atoms with Crippen molar-refractivity contribution in [1.29, 1.82) is 0 Å². The Morgan fingerprint density at radius 2 is 2.25 bits per heavy atom. The number of allylic oxidation sites excluding steroid dienone is 3. The predicted octanol–water partition coefficient (Wildman–Crippen LogP) is 4.38. The highest BCUT2D eigenvalue weighted by Crippen LogP contribution is 2.57. The van der Waals surface area contributed by atoms with E-state index in [1.165, 1.54) is 29.5 Å². The van der Waals surface area contributed by atoms with Gasteiger partial charge in [0.2, 0.25) is 0 Å². The number of hydrogen-bond acceptors (Lipinski definition) is 3. The number of carbonyl (C=O) groups excluding carboxylic acids is 1. The molecule has 4 heteroatoms. The van der Waals surface area contributed by atoms with Crippen molar-refractivity contribution in [3.05, 3.63) is 41.5 Å². The molecule has 0 saturated carbocycles. The summed E-state index contributed by atoms with van der Waals surface area (Å²) in [5.41, 5.74) is 6.73. The lowest BCUT2D eigenvalue weighted by atomic mass is 9.66. The Morgan fingerprint density at radius 1 is 1.38 bits per heavy atom. The molecule has 4 nitrogen and oxygen atoms in total. The van der Waals surface area contributed by atoms with Crippen molar-refractivity contribution in [2.75, 3.05) is 0 Å². The van der Waals surface area contributed by atoms with E-state index < -0.39 is 0 Å². The Hall–Kier alpha value is -2.23. The second-order valence-electron chi connectivity index (χ2n) is 7.11. The third-order valence-electron chi connectivity index (χ3n) is 5.73. The predicted molar refractivity (Wildman–Crippen MR) is 95.5 cm³/mol. The van der Waals surface area contributed by atoms with E-state index in [1.807, 2.05) is 12.1 Å². The van der Waals surface area contributed by atoms with Gasteiger partial charge >= 0.3 is 0 Å². The van der Waals surface area contributed by atoms with Crippen LogP contribution in [-0.2, 0) is 11.2 Å². The minimum absolute atomic E-state index is 0.0951. The van der Waals surface area contributed by atoms with E-state index in [9.17, 15) is 4.79 Å². The fourth-order valence-electron chi connectivity index (χ4n) is 4.65. The van der Waals surface area contributed by atoms with E-state index in [0.717, 1.165) is 35.9 Å². The molecule has 0 radical (unpaired) electrons. The number of hydrogen-bond donors (Lipinski definition) is 1. The summed E-state index contributed by atoms with van der Waals surface area (Å²) in [6.45, 7) is 6.10. The van der Waals surface area contributed by atoms with Crippen LogP contribution in [0.2, 0.25) is 0 Å². The largest absolute Gasteiger partial charge is 0.295 e. The SMILES string of the molecule is C=CCC1=C2c3ccc4n[nH]nc4c3CC2(CCCC)CCC1=O. The van der Waals surface area contributed by atoms with E-state index in [2.05, 4.69) is 35.0 Å². The van der Waals surface area contributed by atoms with Crippen LogP contribution in [0.1, 0.15) is 56.6 Å². The molecule has 1 unspecified atom stereocenters. The number of aromatic nitrogens is 3. The molecule has 1 heterocycles. The lowest BCUT2D eigenvalue weighted by molar-refractivity contribution is -0.116. The highest BCUT2D eigenvalue weighted by molar-refractivity contribution is 6.07. The monoisotopic (exact) mass is 321 g/mol. The summed E-state index contributed by atoms with van der Waals surface area (Å²) in [6, 6.07) is 4.16. The summed E-state index contributed by atoms with van der Waals surface area (Å²) in [6.07, 6.45) is 8.63. The quantitative estimate of drug-likeness (QED) is 0.831. The summed E-state index contributed by atoms with van der Waals surface area (Å²) in [5.74, 6) is 0.296. The van der Waals surface area contributed by atoms with Crippen LogP contribution in [-0.4, -0.2) is 21.2 Å². The zero-order valence-corrected chi connectivity index (χ0v) is 14.2. The van der Waals surface area contributed by atoms with Gasteiger partial charge in [0.25, 0.3) is 0 Å². The molecule has 0 amide bonds. The van der Waals surface area contributed by atoms with Crippen molar-refractivity contribution in [3.8, 4) is 0 Å². The van der Waals surface area contributed by atoms with E-state index in [0.29, 0.717) is 18.6 Å². The fraction of sp³-hybridized carbons (Fsp3) is 0.450. The number of unbranched alkanes of at least 4 members (excludes halogenated alkanes) is 1. The molecule has 1 aromatic carbocycles. The number of aromatic amines is 1. The smallest absolute Gasteiger partial charge is 0.159 e. The molecule has 2 aromatic rings. The molecule has 24 heavy (non-hydrogen) atoms. The van der Waals surface area contributed by atoms with E-state index in [4.69, 9.17) is 0 Å². The Bertz CT molecular complexity index is 861. The summed E-state index contributed by atoms with van der Waals surface area (Å²) >= 11 is 0. The molecule has 124 valence electrons. The van der Waals surface area contributed by atoms with E-state index in [-0.39, 0.29) is 5.41 Å². The molecule has 1 aromatic heterocycles. The van der Waals surface area contributed by atoms with Crippen LogP contribution in [0.4, 0.5) is 0 Å². The van der Waals surface area contributed by atoms with Crippen molar-refractivity contribution in [1.82, 2.24) is 15.4 Å². The number of H-pyrrole nitrogens is 1. The number of Topliss-reactive ketones (excluding diaryl/α,β-unsaturated/α-hetero) is 1. The number of rotatable bonds is 5. The van der Waals surface area contributed by atoms with Crippen LogP contribution in [0.25, 0.3) is 16.6 Å². The van der Waals surface area contributed by atoms with Gasteiger partial charge in [-0.25, -0.2) is 0 Å². The number of fused-ring (bicyclic) bond motifs is 5. The van der Waals surface area contributed by atoms with Gasteiger partial charge < -0.3 is 0 Å². The number of nitrogens with zero attached hydrogens (tertiary/aromatic N) is 2. The van der Waals surface area contributed by atoms with Crippen molar-refractivity contribution in [2.24, 2.45) is 5.41 Å². The van der Waals surface area contributed by atoms with Crippen LogP contribution in [0.15, 0.2) is 30.4 Å². The molecule has 0 saturated heterocycles. The molecule has 0 aliphatic heterocycles. The van der Waals surface area contributed by atoms with Gasteiger partial charge in [0.15, 0.2) is 5.78 Å². The topological polar surface area (TPSA) is 58.6 Å². The summed E-state index contributed by atoms with van der Waals surface area (Å²) in [5, 5.41) is 11.4. The Morgan fingerprint density at radius 3 is 3.04 bits per heavy atom. The molecule has 1 atom stereocenters. The molecular formula is C20H23N3O. The van der Waals surface area contributed by atoms with Crippen molar-refractivity contribution < 1.29 is 4.79 Å². The minimum atomic E-state index is 0.0951. The Balaban J connectivity index is 1.97. The summed E-state index contributed by atoms with van der Waals surface area (Å²) < 4.78 is 0. The lowest BCUT2D eigenvalue weighted by Crippen LogP contribution is -2.28. The van der Waals surface area contributed by atoms with Gasteiger partial charge in [-0.1, -0.05) is 31.9 Å². The summed E-state index contributed by atoms with van der Waals surface area (Å²) in [4.78, 5) is 12.6. The molecule has 1 N–H and O–H groups in total. The Kier molecular flexibility index (Phi) is 3.63. The maximum atomic E-state index is 12.6. The lowest BCUT2D eigenvalue weighted by Gasteiger charge is -2.36. The highest BCUT2D eigenvalue weighted by atomic mass is 16.1. The average molecular weight is 321 g/mol. The van der Waals surface area contributed by atoms with Gasteiger partial charge in [-0.15, -0.1) is 6.58 Å². The molecule has 4 rings (SSSR count). The Labute approximate surface area is 142 Å².